The highest BCUT2D eigenvalue weighted by molar-refractivity contribution is 6.99. The average molecular weight is 511 g/mol. The van der Waals surface area contributed by atoms with Gasteiger partial charge < -0.3 is 4.43 Å². The molecule has 0 radical (unpaired) electrons. The fraction of sp³-hybridized carbons (Fsp3) is 0.364. The quantitative estimate of drug-likeness (QED) is 0.157. The van der Waals surface area contributed by atoms with Gasteiger partial charge in [-0.15, -0.1) is 0 Å². The van der Waals surface area contributed by atoms with E-state index in [1.807, 2.05) is 18.2 Å². The van der Waals surface area contributed by atoms with Crippen LogP contribution in [0.3, 0.4) is 0 Å². The molecule has 194 valence electrons. The number of nitriles is 1. The van der Waals surface area contributed by atoms with Crippen LogP contribution >= 0.6 is 0 Å². The first-order valence-corrected chi connectivity index (χ1v) is 15.5. The van der Waals surface area contributed by atoms with Crippen molar-refractivity contribution >= 4 is 18.7 Å². The van der Waals surface area contributed by atoms with Crippen molar-refractivity contribution in [2.45, 2.75) is 77.1 Å². The molecule has 2 atom stereocenters. The first kappa shape index (κ1) is 28.6. The maximum atomic E-state index is 10.3. The summed E-state index contributed by atoms with van der Waals surface area (Å²) >= 11 is 0. The van der Waals surface area contributed by atoms with Gasteiger partial charge in [0.1, 0.15) is 6.04 Å². The lowest BCUT2D eigenvalue weighted by molar-refractivity contribution is 0.204. The van der Waals surface area contributed by atoms with Gasteiger partial charge in [0.05, 0.1) is 12.2 Å². The SMILES string of the molecule is CCCCC/C=C/[C@H](O[Si](c1ccccc1)(c1ccccc1)C(C)(C)C)C(C#N)NCc1ccccc1. The van der Waals surface area contributed by atoms with Crippen LogP contribution in [-0.2, 0) is 11.0 Å². The third-order valence-electron chi connectivity index (χ3n) is 6.87. The van der Waals surface area contributed by atoms with Gasteiger partial charge in [-0.2, -0.15) is 5.26 Å². The molecule has 1 N–H and O–H groups in total. The molecule has 0 heterocycles. The topological polar surface area (TPSA) is 45.0 Å². The van der Waals surface area contributed by atoms with Gasteiger partial charge in [-0.05, 0) is 33.8 Å². The van der Waals surface area contributed by atoms with Crippen LogP contribution < -0.4 is 15.7 Å². The first-order chi connectivity index (χ1) is 17.9. The lowest BCUT2D eigenvalue weighted by Crippen LogP contribution is -2.68. The summed E-state index contributed by atoms with van der Waals surface area (Å²) in [6, 6.07) is 33.6. The number of allylic oxidation sites excluding steroid dienone is 1. The van der Waals surface area contributed by atoms with E-state index in [1.54, 1.807) is 0 Å². The van der Waals surface area contributed by atoms with Crippen LogP contribution in [0.15, 0.2) is 103 Å². The number of unbranched alkanes of at least 4 members (excludes halogenated alkanes) is 3. The largest absolute Gasteiger partial charge is 0.398 e. The lowest BCUT2D eigenvalue weighted by Gasteiger charge is -2.45. The molecule has 0 aromatic heterocycles. The minimum atomic E-state index is -2.82. The second-order valence-corrected chi connectivity index (χ2v) is 14.9. The van der Waals surface area contributed by atoms with Crippen LogP contribution in [0.5, 0.6) is 0 Å². The van der Waals surface area contributed by atoms with Crippen LogP contribution in [0.25, 0.3) is 0 Å². The number of hydrogen-bond acceptors (Lipinski definition) is 3. The smallest absolute Gasteiger partial charge is 0.261 e. The second-order valence-electron chi connectivity index (χ2n) is 10.6. The zero-order valence-corrected chi connectivity index (χ0v) is 23.9. The summed E-state index contributed by atoms with van der Waals surface area (Å²) in [6.07, 6.45) is 8.50. The highest BCUT2D eigenvalue weighted by atomic mass is 28.4. The van der Waals surface area contributed by atoms with E-state index in [2.05, 4.69) is 124 Å². The van der Waals surface area contributed by atoms with Crippen molar-refractivity contribution in [1.82, 2.24) is 5.32 Å². The highest BCUT2D eigenvalue weighted by Crippen LogP contribution is 2.38. The van der Waals surface area contributed by atoms with E-state index in [0.29, 0.717) is 6.54 Å². The van der Waals surface area contributed by atoms with Gasteiger partial charge in [0.2, 0.25) is 0 Å². The minimum Gasteiger partial charge on any atom is -0.398 e. The summed E-state index contributed by atoms with van der Waals surface area (Å²) in [5, 5.41) is 16.1. The van der Waals surface area contributed by atoms with Gasteiger partial charge in [0.15, 0.2) is 0 Å². The molecule has 3 aromatic carbocycles. The molecule has 0 spiro atoms. The Labute approximate surface area is 225 Å². The molecule has 0 fully saturated rings. The fourth-order valence-corrected chi connectivity index (χ4v) is 9.55. The summed E-state index contributed by atoms with van der Waals surface area (Å²) in [5.74, 6) is 0. The van der Waals surface area contributed by atoms with E-state index in [-0.39, 0.29) is 11.1 Å². The van der Waals surface area contributed by atoms with Crippen LogP contribution in [0.1, 0.15) is 58.9 Å². The van der Waals surface area contributed by atoms with E-state index < -0.39 is 14.4 Å². The Balaban J connectivity index is 2.05. The number of nitrogens with one attached hydrogen (secondary N) is 1. The van der Waals surface area contributed by atoms with Crippen molar-refractivity contribution in [1.29, 1.82) is 5.26 Å². The lowest BCUT2D eigenvalue weighted by atomic mass is 10.1. The zero-order valence-electron chi connectivity index (χ0n) is 22.9. The molecule has 3 rings (SSSR count). The molecule has 0 saturated carbocycles. The van der Waals surface area contributed by atoms with Crippen molar-refractivity contribution in [2.24, 2.45) is 0 Å². The first-order valence-electron chi connectivity index (χ1n) is 13.5. The fourth-order valence-electron chi connectivity index (χ4n) is 4.92. The predicted octanol–water partition coefficient (Wildman–Crippen LogP) is 6.75. The molecule has 0 saturated heterocycles. The van der Waals surface area contributed by atoms with Gasteiger partial charge in [-0.3, -0.25) is 5.32 Å². The summed E-state index contributed by atoms with van der Waals surface area (Å²) in [5.41, 5.74) is 1.15. The zero-order chi connectivity index (χ0) is 26.6. The maximum absolute atomic E-state index is 10.3. The van der Waals surface area contributed by atoms with Crippen LogP contribution in [0.2, 0.25) is 5.04 Å². The molecule has 3 nitrogen and oxygen atoms in total. The highest BCUT2D eigenvalue weighted by Gasteiger charge is 2.52. The summed E-state index contributed by atoms with van der Waals surface area (Å²) < 4.78 is 7.39. The van der Waals surface area contributed by atoms with Crippen molar-refractivity contribution in [3.05, 3.63) is 109 Å². The van der Waals surface area contributed by atoms with Gasteiger partial charge in [0, 0.05) is 6.54 Å². The molecule has 0 aliphatic heterocycles. The van der Waals surface area contributed by atoms with Gasteiger partial charge >= 0.3 is 0 Å². The van der Waals surface area contributed by atoms with Gasteiger partial charge in [0.25, 0.3) is 8.32 Å². The van der Waals surface area contributed by atoms with Gasteiger partial charge in [-0.1, -0.05) is 144 Å². The van der Waals surface area contributed by atoms with Crippen LogP contribution in [0.4, 0.5) is 0 Å². The van der Waals surface area contributed by atoms with E-state index in [9.17, 15) is 5.26 Å². The number of hydrogen-bond donors (Lipinski definition) is 1. The Morgan fingerprint density at radius 3 is 1.89 bits per heavy atom. The molecule has 0 amide bonds. The molecular formula is C33H42N2OSi. The molecular weight excluding hydrogens is 468 g/mol. The molecule has 0 aliphatic carbocycles. The van der Waals surface area contributed by atoms with E-state index in [4.69, 9.17) is 4.43 Å². The van der Waals surface area contributed by atoms with Crippen LogP contribution in [0, 0.1) is 11.3 Å². The predicted molar refractivity (Wildman–Crippen MR) is 158 cm³/mol. The Hall–Kier alpha value is -2.97. The Morgan fingerprint density at radius 1 is 0.865 bits per heavy atom. The molecule has 4 heteroatoms. The molecule has 0 bridgehead atoms. The molecule has 1 unspecified atom stereocenters. The average Bonchev–Trinajstić information content (AvgIpc) is 2.92. The molecule has 3 aromatic rings. The normalized spacial score (nSPS) is 13.8. The van der Waals surface area contributed by atoms with Crippen molar-refractivity contribution < 1.29 is 4.43 Å². The van der Waals surface area contributed by atoms with E-state index in [0.717, 1.165) is 18.4 Å². The van der Waals surface area contributed by atoms with Crippen molar-refractivity contribution in [3.63, 3.8) is 0 Å². The summed E-state index contributed by atoms with van der Waals surface area (Å²) in [6.45, 7) is 9.67. The molecule has 37 heavy (non-hydrogen) atoms. The van der Waals surface area contributed by atoms with Gasteiger partial charge in [-0.25, -0.2) is 0 Å². The Kier molecular flexibility index (Phi) is 10.9. The van der Waals surface area contributed by atoms with Crippen LogP contribution in [-0.4, -0.2) is 20.5 Å². The standard InChI is InChI=1S/C33H42N2OSi/c1-5-6-7-8-18-25-32(31(26-34)35-27-28-19-12-9-13-20-28)36-37(33(2,3)4,29-21-14-10-15-22-29)30-23-16-11-17-24-30/h9-25,31-32,35H,5-8,27H2,1-4H3/b25-18+/t31?,32-/m0/s1. The Bertz CT molecular complexity index is 1080. The third kappa shape index (κ3) is 7.52. The molecule has 0 aliphatic rings. The monoisotopic (exact) mass is 510 g/mol. The summed E-state index contributed by atoms with van der Waals surface area (Å²) in [4.78, 5) is 0. The maximum Gasteiger partial charge on any atom is 0.261 e. The van der Waals surface area contributed by atoms with Crippen molar-refractivity contribution in [3.8, 4) is 6.07 Å². The van der Waals surface area contributed by atoms with E-state index in [1.165, 1.54) is 23.2 Å². The number of nitrogens with zero attached hydrogens (tertiary/aromatic N) is 1. The van der Waals surface area contributed by atoms with Crippen molar-refractivity contribution in [2.75, 3.05) is 0 Å². The third-order valence-corrected chi connectivity index (χ3v) is 11.9. The second kappa shape index (κ2) is 14.1. The summed E-state index contributed by atoms with van der Waals surface area (Å²) in [7, 11) is -2.82. The number of benzene rings is 3. The number of rotatable bonds is 13. The Morgan fingerprint density at radius 2 is 1.41 bits per heavy atom. The van der Waals surface area contributed by atoms with E-state index >= 15 is 0 Å². The minimum absolute atomic E-state index is 0.163.